The Kier molecular flexibility index (Phi) is 3.75. The number of aromatic nitrogens is 2. The zero-order chi connectivity index (χ0) is 19.3. The molecule has 0 radical (unpaired) electrons. The second kappa shape index (κ2) is 6.30. The van der Waals surface area contributed by atoms with Crippen LogP contribution in [0.2, 0.25) is 0 Å². The molecule has 0 spiro atoms. The van der Waals surface area contributed by atoms with E-state index in [1.54, 1.807) is 0 Å². The van der Waals surface area contributed by atoms with Crippen LogP contribution in [-0.2, 0) is 9.59 Å². The van der Waals surface area contributed by atoms with E-state index in [0.717, 1.165) is 56.7 Å². The molecule has 2 aromatic heterocycles. The molecule has 2 unspecified atom stereocenters. The molecule has 0 amide bonds. The van der Waals surface area contributed by atoms with Gasteiger partial charge in [0.15, 0.2) is 0 Å². The summed E-state index contributed by atoms with van der Waals surface area (Å²) in [7, 11) is 0. The summed E-state index contributed by atoms with van der Waals surface area (Å²) < 4.78 is 0. The molecule has 0 saturated heterocycles. The minimum atomic E-state index is -0.710. The second-order valence-corrected chi connectivity index (χ2v) is 6.93. The lowest BCUT2D eigenvalue weighted by Gasteiger charge is -2.20. The van der Waals surface area contributed by atoms with E-state index in [2.05, 4.69) is 9.97 Å². The van der Waals surface area contributed by atoms with E-state index >= 15 is 0 Å². The highest BCUT2D eigenvalue weighted by Gasteiger charge is 2.41. The molecule has 1 aliphatic heterocycles. The number of aromatic amines is 2. The van der Waals surface area contributed by atoms with Crippen molar-refractivity contribution in [2.45, 2.75) is 12.1 Å². The predicted octanol–water partition coefficient (Wildman–Crippen LogP) is 2.88. The van der Waals surface area contributed by atoms with Gasteiger partial charge < -0.3 is 19.6 Å². The summed E-state index contributed by atoms with van der Waals surface area (Å²) in [6, 6.07) is 14.3. The van der Waals surface area contributed by atoms with Gasteiger partial charge in [-0.25, -0.2) is 5.01 Å². The van der Waals surface area contributed by atoms with E-state index in [-0.39, 0.29) is 0 Å². The van der Waals surface area contributed by atoms with Crippen LogP contribution in [0.15, 0.2) is 60.9 Å². The Morgan fingerprint density at radius 3 is 1.61 bits per heavy atom. The average Bonchev–Trinajstić information content (AvgIpc) is 3.40. The van der Waals surface area contributed by atoms with Crippen molar-refractivity contribution in [1.82, 2.24) is 15.0 Å². The minimum Gasteiger partial charge on any atom is -0.361 e. The summed E-state index contributed by atoms with van der Waals surface area (Å²) in [5.41, 5.74) is 5.21. The quantitative estimate of drug-likeness (QED) is 0.380. The van der Waals surface area contributed by atoms with Gasteiger partial charge in [-0.1, -0.05) is 36.4 Å². The Hall–Kier alpha value is -3.48. The molecular weight excluding hydrogens is 352 g/mol. The highest BCUT2D eigenvalue weighted by atomic mass is 16.1. The van der Waals surface area contributed by atoms with E-state index in [0.29, 0.717) is 0 Å². The van der Waals surface area contributed by atoms with Crippen molar-refractivity contribution in [3.05, 3.63) is 72.1 Å². The molecule has 28 heavy (non-hydrogen) atoms. The number of carbonyl (C=O) groups excluding carboxylic acids is 2. The number of aldehydes is 2. The third kappa shape index (κ3) is 2.22. The number of hydrogen-bond donors (Lipinski definition) is 3. The largest absolute Gasteiger partial charge is 0.361 e. The molecule has 2 aromatic carbocycles. The molecule has 138 valence electrons. The van der Waals surface area contributed by atoms with Gasteiger partial charge in [-0.15, -0.1) is 0 Å². The van der Waals surface area contributed by atoms with Crippen LogP contribution >= 0.6 is 0 Å². The molecule has 5 rings (SSSR count). The Balaban J connectivity index is 1.87. The molecule has 3 heterocycles. The van der Waals surface area contributed by atoms with Crippen molar-refractivity contribution in [1.29, 1.82) is 0 Å². The number of hydrazine groups is 1. The lowest BCUT2D eigenvalue weighted by atomic mass is 9.90. The summed E-state index contributed by atoms with van der Waals surface area (Å²) in [4.78, 5) is 30.5. The third-order valence-corrected chi connectivity index (χ3v) is 5.54. The first-order valence-electron chi connectivity index (χ1n) is 9.05. The highest BCUT2D eigenvalue weighted by molar-refractivity contribution is 6.14. The fourth-order valence-electron chi connectivity index (χ4n) is 4.26. The predicted molar refractivity (Wildman–Crippen MR) is 109 cm³/mol. The first-order chi connectivity index (χ1) is 13.7. The molecule has 6 heteroatoms. The van der Waals surface area contributed by atoms with E-state index < -0.39 is 12.1 Å². The van der Waals surface area contributed by atoms with Crippen LogP contribution in [0.3, 0.4) is 0 Å². The van der Waals surface area contributed by atoms with Gasteiger partial charge in [0.25, 0.3) is 0 Å². The van der Waals surface area contributed by atoms with Crippen LogP contribution in [0.25, 0.3) is 33.0 Å². The summed E-state index contributed by atoms with van der Waals surface area (Å²) in [5.74, 6) is 6.23. The number of benzene rings is 2. The molecular formula is C22H18N4O2. The SMILES string of the molecule is NN1C(C=O)C(c2c[nH]c3ccccc23)=C(c2c[nH]c3ccccc23)C1C=O. The maximum atomic E-state index is 12.0. The van der Waals surface area contributed by atoms with Crippen molar-refractivity contribution in [2.75, 3.05) is 0 Å². The van der Waals surface area contributed by atoms with Crippen molar-refractivity contribution in [3.63, 3.8) is 0 Å². The lowest BCUT2D eigenvalue weighted by molar-refractivity contribution is -0.113. The van der Waals surface area contributed by atoms with E-state index in [1.165, 1.54) is 5.01 Å². The fraction of sp³-hybridized carbons (Fsp3) is 0.0909. The first kappa shape index (κ1) is 16.7. The van der Waals surface area contributed by atoms with Crippen molar-refractivity contribution in [2.24, 2.45) is 5.84 Å². The monoisotopic (exact) mass is 370 g/mol. The van der Waals surface area contributed by atoms with Crippen LogP contribution in [0.4, 0.5) is 0 Å². The Morgan fingerprint density at radius 1 is 0.750 bits per heavy atom. The van der Waals surface area contributed by atoms with E-state index in [4.69, 9.17) is 5.84 Å². The van der Waals surface area contributed by atoms with Gasteiger partial charge >= 0.3 is 0 Å². The summed E-state index contributed by atoms with van der Waals surface area (Å²) in [6.45, 7) is 0. The maximum Gasteiger partial charge on any atom is 0.143 e. The van der Waals surface area contributed by atoms with Gasteiger partial charge in [0.1, 0.15) is 24.7 Å². The van der Waals surface area contributed by atoms with Crippen molar-refractivity contribution in [3.8, 4) is 0 Å². The summed E-state index contributed by atoms with van der Waals surface area (Å²) >= 11 is 0. The van der Waals surface area contributed by atoms with Gasteiger partial charge in [0.2, 0.25) is 0 Å². The average molecular weight is 370 g/mol. The normalized spacial score (nSPS) is 20.3. The standard InChI is InChI=1S/C22H18N4O2/c23-26-19(11-27)21(15-9-24-17-7-3-1-5-13(15)17)22(20(26)12-28)16-10-25-18-8-4-2-6-14(16)18/h1-12,19-20,24-25H,23H2. The summed E-state index contributed by atoms with van der Waals surface area (Å²) in [5, 5.41) is 3.32. The maximum absolute atomic E-state index is 12.0. The van der Waals surface area contributed by atoms with Crippen molar-refractivity contribution < 1.29 is 9.59 Å². The molecule has 1 aliphatic rings. The number of H-pyrrole nitrogens is 2. The topological polar surface area (TPSA) is 95.0 Å². The van der Waals surface area contributed by atoms with Gasteiger partial charge in [-0.05, 0) is 23.3 Å². The van der Waals surface area contributed by atoms with Crippen LogP contribution in [0.5, 0.6) is 0 Å². The van der Waals surface area contributed by atoms with Crippen LogP contribution in [0, 0.1) is 0 Å². The molecule has 0 fully saturated rings. The van der Waals surface area contributed by atoms with E-state index in [1.807, 2.05) is 60.9 Å². The molecule has 4 N–H and O–H groups in total. The van der Waals surface area contributed by atoms with Gasteiger partial charge in [0.05, 0.1) is 0 Å². The number of rotatable bonds is 4. The smallest absolute Gasteiger partial charge is 0.143 e. The molecule has 0 bridgehead atoms. The second-order valence-electron chi connectivity index (χ2n) is 6.93. The third-order valence-electron chi connectivity index (χ3n) is 5.54. The van der Waals surface area contributed by atoms with Crippen LogP contribution in [0.1, 0.15) is 11.1 Å². The fourth-order valence-corrected chi connectivity index (χ4v) is 4.26. The number of nitrogens with two attached hydrogens (primary N) is 1. The molecule has 0 saturated carbocycles. The Bertz CT molecular complexity index is 1150. The first-order valence-corrected chi connectivity index (χ1v) is 9.05. The van der Waals surface area contributed by atoms with Crippen LogP contribution in [-0.4, -0.2) is 39.6 Å². The zero-order valence-corrected chi connectivity index (χ0v) is 14.9. The number of carbonyl (C=O) groups is 2. The molecule has 4 aromatic rings. The van der Waals surface area contributed by atoms with Crippen LogP contribution < -0.4 is 5.84 Å². The van der Waals surface area contributed by atoms with Gasteiger partial charge in [-0.3, -0.25) is 5.84 Å². The lowest BCUT2D eigenvalue weighted by Crippen LogP contribution is -2.45. The Morgan fingerprint density at radius 2 is 1.18 bits per heavy atom. The highest BCUT2D eigenvalue weighted by Crippen LogP contribution is 2.43. The zero-order valence-electron chi connectivity index (χ0n) is 14.9. The number of para-hydroxylation sites is 2. The van der Waals surface area contributed by atoms with Crippen molar-refractivity contribution >= 4 is 45.5 Å². The number of fused-ring (bicyclic) bond motifs is 2. The molecule has 2 atom stereocenters. The molecule has 6 nitrogen and oxygen atoms in total. The molecule has 0 aliphatic carbocycles. The Labute approximate surface area is 160 Å². The summed E-state index contributed by atoms with van der Waals surface area (Å²) in [6.07, 6.45) is 5.36. The van der Waals surface area contributed by atoms with Gasteiger partial charge in [0, 0.05) is 45.3 Å². The number of hydrogen-bond acceptors (Lipinski definition) is 4. The van der Waals surface area contributed by atoms with E-state index in [9.17, 15) is 9.59 Å². The minimum absolute atomic E-state index is 0.710. The van der Waals surface area contributed by atoms with Gasteiger partial charge in [-0.2, -0.15) is 0 Å². The number of nitrogens with zero attached hydrogens (tertiary/aromatic N) is 1. The number of nitrogens with one attached hydrogen (secondary N) is 2.